The summed E-state index contributed by atoms with van der Waals surface area (Å²) in [6.45, 7) is 8.38. The third kappa shape index (κ3) is 7.37. The molecule has 7 heteroatoms. The van der Waals surface area contributed by atoms with E-state index in [9.17, 15) is 9.59 Å². The van der Waals surface area contributed by atoms with Crippen LogP contribution in [0.5, 0.6) is 0 Å². The molecular weight excluding hydrogens is 276 g/mol. The molecule has 6 nitrogen and oxygen atoms in total. The topological polar surface area (TPSA) is 77.3 Å². The summed E-state index contributed by atoms with van der Waals surface area (Å²) >= 11 is 0. The molecule has 0 bridgehead atoms. The van der Waals surface area contributed by atoms with Crippen LogP contribution in [0.3, 0.4) is 0 Å². The van der Waals surface area contributed by atoms with Gasteiger partial charge in [-0.3, -0.25) is 0 Å². The van der Waals surface area contributed by atoms with E-state index >= 15 is 0 Å². The van der Waals surface area contributed by atoms with Crippen LogP contribution in [-0.2, 0) is 9.16 Å². The first-order valence-electron chi connectivity index (χ1n) is 7.35. The summed E-state index contributed by atoms with van der Waals surface area (Å²) in [7, 11) is -2.04. The van der Waals surface area contributed by atoms with Gasteiger partial charge in [0.15, 0.2) is 0 Å². The Morgan fingerprint density at radius 2 is 1.45 bits per heavy atom. The van der Waals surface area contributed by atoms with Crippen molar-refractivity contribution in [1.82, 2.24) is 0 Å². The van der Waals surface area contributed by atoms with Crippen LogP contribution in [0, 0.1) is 0 Å². The Bertz CT molecular complexity index is 322. The van der Waals surface area contributed by atoms with Crippen molar-refractivity contribution < 1.29 is 18.8 Å². The number of hydrogen-bond donors (Lipinski definition) is 0. The summed E-state index contributed by atoms with van der Waals surface area (Å²) in [5, 5.41) is 6.50. The van der Waals surface area contributed by atoms with Crippen LogP contribution >= 0.6 is 0 Å². The molecule has 0 unspecified atom stereocenters. The molecule has 0 N–H and O–H groups in total. The van der Waals surface area contributed by atoms with Gasteiger partial charge in [0.2, 0.25) is 0 Å². The highest BCUT2D eigenvalue weighted by Crippen LogP contribution is 2.22. The van der Waals surface area contributed by atoms with E-state index in [2.05, 4.69) is 17.2 Å². The number of unbranched alkanes of at least 4 members (excludes halogenated alkanes) is 2. The minimum Gasteiger partial charge on any atom is -0.501 e. The maximum atomic E-state index is 11.6. The molecule has 0 aliphatic carbocycles. The van der Waals surface area contributed by atoms with Gasteiger partial charge in [0.05, 0.1) is 6.61 Å². The molecule has 116 valence electrons. The van der Waals surface area contributed by atoms with Crippen molar-refractivity contribution in [3.05, 3.63) is 0 Å². The predicted molar refractivity (Wildman–Crippen MR) is 79.4 cm³/mol. The zero-order chi connectivity index (χ0) is 15.4. The molecule has 0 rings (SSSR count). The van der Waals surface area contributed by atoms with Gasteiger partial charge in [-0.15, -0.1) is 0 Å². The Balaban J connectivity index is 4.18. The molecule has 0 aromatic carbocycles. The normalized spacial score (nSPS) is 11.6. The Labute approximate surface area is 122 Å². The summed E-state index contributed by atoms with van der Waals surface area (Å²) in [4.78, 5) is 22.8. The van der Waals surface area contributed by atoms with Crippen molar-refractivity contribution in [2.24, 2.45) is 10.2 Å². The highest BCUT2D eigenvalue weighted by Gasteiger charge is 2.32. The predicted octanol–water partition coefficient (Wildman–Crippen LogP) is 4.91. The van der Waals surface area contributed by atoms with Crippen LogP contribution in [0.1, 0.15) is 47.0 Å². The highest BCUT2D eigenvalue weighted by atomic mass is 28.4. The molecule has 0 aromatic rings. The van der Waals surface area contributed by atoms with Gasteiger partial charge < -0.3 is 9.16 Å². The number of azo groups is 1. The molecule has 20 heavy (non-hydrogen) atoms. The molecule has 0 aliphatic heterocycles. The largest absolute Gasteiger partial charge is 0.501 e. The molecule has 0 aromatic heterocycles. The van der Waals surface area contributed by atoms with E-state index in [1.807, 2.05) is 20.8 Å². The van der Waals surface area contributed by atoms with Gasteiger partial charge in [-0.05, 0) is 24.6 Å². The van der Waals surface area contributed by atoms with Crippen molar-refractivity contribution in [1.29, 1.82) is 0 Å². The third-order valence-corrected chi connectivity index (χ3v) is 7.90. The summed E-state index contributed by atoms with van der Waals surface area (Å²) < 4.78 is 10.2. The third-order valence-electron chi connectivity index (χ3n) is 3.42. The number of amides is 2. The summed E-state index contributed by atoms with van der Waals surface area (Å²) in [6.07, 6.45) is 1.20. The zero-order valence-electron chi connectivity index (χ0n) is 13.0. The Morgan fingerprint density at radius 3 is 1.95 bits per heavy atom. The number of hydrogen-bond acceptors (Lipinski definition) is 4. The Kier molecular flexibility index (Phi) is 9.88. The second kappa shape index (κ2) is 10.5. The molecule has 2 amide bonds. The van der Waals surface area contributed by atoms with Gasteiger partial charge in [0.25, 0.3) is 8.32 Å². The second-order valence-corrected chi connectivity index (χ2v) is 9.32. The van der Waals surface area contributed by atoms with Gasteiger partial charge in [0, 0.05) is 0 Å². The molecule has 0 heterocycles. The van der Waals surface area contributed by atoms with E-state index in [0.29, 0.717) is 6.61 Å². The maximum absolute atomic E-state index is 11.6. The molecule has 0 aliphatic rings. The average molecular weight is 302 g/mol. The lowest BCUT2D eigenvalue weighted by Gasteiger charge is -2.25. The monoisotopic (exact) mass is 302 g/mol. The van der Waals surface area contributed by atoms with Crippen molar-refractivity contribution in [2.75, 3.05) is 6.61 Å². The highest BCUT2D eigenvalue weighted by molar-refractivity contribution is 6.74. The van der Waals surface area contributed by atoms with E-state index in [1.165, 1.54) is 0 Å². The number of carbonyl (C=O) groups is 2. The van der Waals surface area contributed by atoms with Crippen LogP contribution in [-0.4, -0.2) is 27.1 Å². The fourth-order valence-electron chi connectivity index (χ4n) is 1.79. The van der Waals surface area contributed by atoms with Gasteiger partial charge in [0.1, 0.15) is 0 Å². The van der Waals surface area contributed by atoms with Crippen molar-refractivity contribution >= 4 is 20.5 Å². The minimum absolute atomic E-state index is 0.304. The van der Waals surface area contributed by atoms with Gasteiger partial charge in [-0.1, -0.05) is 50.8 Å². The second-order valence-electron chi connectivity index (χ2n) is 4.63. The lowest BCUT2D eigenvalue weighted by molar-refractivity contribution is 0.152. The number of ether oxygens (including phenoxy) is 1. The summed E-state index contributed by atoms with van der Waals surface area (Å²) in [5.74, 6) is 0. The average Bonchev–Trinajstić information content (AvgIpc) is 2.47. The van der Waals surface area contributed by atoms with Gasteiger partial charge >= 0.3 is 12.2 Å². The van der Waals surface area contributed by atoms with Crippen LogP contribution in [0.15, 0.2) is 10.2 Å². The van der Waals surface area contributed by atoms with Crippen LogP contribution in [0.4, 0.5) is 9.59 Å². The van der Waals surface area contributed by atoms with E-state index in [4.69, 9.17) is 9.16 Å². The first-order chi connectivity index (χ1) is 9.53. The molecular formula is C13H26N2O4Si. The lowest BCUT2D eigenvalue weighted by Crippen LogP contribution is -2.37. The maximum Gasteiger partial charge on any atom is 0.452 e. The fourth-order valence-corrected chi connectivity index (χ4v) is 4.14. The summed E-state index contributed by atoms with van der Waals surface area (Å²) in [5.41, 5.74) is 0. The lowest BCUT2D eigenvalue weighted by atomic mass is 10.3. The van der Waals surface area contributed by atoms with Crippen LogP contribution < -0.4 is 0 Å². The number of rotatable bonds is 8. The Hall–Kier alpha value is -1.24. The SMILES string of the molecule is CCCCCOC(=O)/N=N/C(=O)O[Si](CC)(CC)CC. The first-order valence-corrected chi connectivity index (χ1v) is 9.88. The molecule has 0 saturated heterocycles. The summed E-state index contributed by atoms with van der Waals surface area (Å²) in [6, 6.07) is 2.51. The van der Waals surface area contributed by atoms with Gasteiger partial charge in [-0.2, -0.15) is 0 Å². The Morgan fingerprint density at radius 1 is 0.900 bits per heavy atom. The van der Waals surface area contributed by atoms with E-state index < -0.39 is 20.5 Å². The molecule has 0 atom stereocenters. The van der Waals surface area contributed by atoms with E-state index in [-0.39, 0.29) is 0 Å². The van der Waals surface area contributed by atoms with E-state index in [0.717, 1.165) is 37.4 Å². The van der Waals surface area contributed by atoms with Crippen molar-refractivity contribution in [3.63, 3.8) is 0 Å². The molecule has 0 saturated carbocycles. The van der Waals surface area contributed by atoms with Crippen LogP contribution in [0.25, 0.3) is 0 Å². The van der Waals surface area contributed by atoms with Gasteiger partial charge in [-0.25, -0.2) is 9.59 Å². The minimum atomic E-state index is -2.04. The smallest absolute Gasteiger partial charge is 0.452 e. The standard InChI is InChI=1S/C13H26N2O4Si/c1-5-9-10-11-18-12(16)14-15-13(17)19-20(6-2,7-3)8-4/h5-11H2,1-4H3/b15-14+. The molecule has 0 radical (unpaired) electrons. The van der Waals surface area contributed by atoms with E-state index in [1.54, 1.807) is 0 Å². The van der Waals surface area contributed by atoms with Crippen molar-refractivity contribution in [3.8, 4) is 0 Å². The van der Waals surface area contributed by atoms with Crippen LogP contribution in [0.2, 0.25) is 18.1 Å². The first kappa shape index (κ1) is 18.8. The zero-order valence-corrected chi connectivity index (χ0v) is 14.0. The fraction of sp³-hybridized carbons (Fsp3) is 0.846. The molecule has 0 fully saturated rings. The van der Waals surface area contributed by atoms with Crippen molar-refractivity contribution in [2.45, 2.75) is 65.1 Å². The quantitative estimate of drug-likeness (QED) is 0.362. The number of carbonyl (C=O) groups excluding carboxylic acids is 2. The molecule has 0 spiro atoms. The number of nitrogens with zero attached hydrogens (tertiary/aromatic N) is 2.